The summed E-state index contributed by atoms with van der Waals surface area (Å²) in [6.45, 7) is 4.58. The molecule has 0 N–H and O–H groups in total. The summed E-state index contributed by atoms with van der Waals surface area (Å²) in [5, 5.41) is 0.621. The molecule has 3 aromatic rings. The second-order valence-electron chi connectivity index (χ2n) is 7.16. The van der Waals surface area contributed by atoms with Crippen LogP contribution in [0.25, 0.3) is 6.08 Å². The van der Waals surface area contributed by atoms with Crippen molar-refractivity contribution in [3.63, 3.8) is 0 Å². The zero-order chi connectivity index (χ0) is 21.1. The summed E-state index contributed by atoms with van der Waals surface area (Å²) in [7, 11) is 1.63. The van der Waals surface area contributed by atoms with Crippen molar-refractivity contribution < 1.29 is 13.9 Å². The second kappa shape index (κ2) is 8.67. The summed E-state index contributed by atoms with van der Waals surface area (Å²) in [6, 6.07) is 13.5. The molecule has 0 saturated carbocycles. The Kier molecular flexibility index (Phi) is 5.81. The van der Waals surface area contributed by atoms with Crippen LogP contribution in [-0.2, 0) is 11.3 Å². The predicted octanol–water partition coefficient (Wildman–Crippen LogP) is 5.47. The van der Waals surface area contributed by atoms with Crippen molar-refractivity contribution in [3.8, 4) is 5.75 Å². The number of aliphatic imine (C=N–C) groups is 1. The smallest absolute Gasteiger partial charge is 0.267 e. The summed E-state index contributed by atoms with van der Waals surface area (Å²) in [6.07, 6.45) is 7.58. The van der Waals surface area contributed by atoms with Gasteiger partial charge in [-0.05, 0) is 79.7 Å². The fourth-order valence-corrected chi connectivity index (χ4v) is 4.04. The van der Waals surface area contributed by atoms with Gasteiger partial charge in [0.2, 0.25) is 0 Å². The maximum Gasteiger partial charge on any atom is 0.267 e. The van der Waals surface area contributed by atoms with Gasteiger partial charge in [0.25, 0.3) is 5.91 Å². The van der Waals surface area contributed by atoms with Gasteiger partial charge >= 0.3 is 0 Å². The van der Waals surface area contributed by atoms with Gasteiger partial charge in [0.05, 0.1) is 30.5 Å². The Morgan fingerprint density at radius 2 is 2.00 bits per heavy atom. The number of benzene rings is 1. The number of methoxy groups -OCH3 is 1. The van der Waals surface area contributed by atoms with Gasteiger partial charge in [-0.2, -0.15) is 0 Å². The molecule has 1 aliphatic heterocycles. The van der Waals surface area contributed by atoms with Gasteiger partial charge in [0.15, 0.2) is 5.17 Å². The standard InChI is InChI=1S/C23H23N3O3S/c1-16(2)25-11-10-17(14-25)13-21-22(27)26(15-20-5-4-12-29-20)23(30-21)24-18-6-8-19(28-3)9-7-18/h4-14,16H,15H2,1-3H3/b21-13+,24-23?. The Hall–Kier alpha value is -3.19. The van der Waals surface area contributed by atoms with E-state index in [0.29, 0.717) is 28.4 Å². The lowest BCUT2D eigenvalue weighted by molar-refractivity contribution is -0.122. The number of amides is 1. The van der Waals surface area contributed by atoms with Gasteiger partial charge in [-0.3, -0.25) is 9.69 Å². The van der Waals surface area contributed by atoms with Gasteiger partial charge in [0.1, 0.15) is 11.5 Å². The van der Waals surface area contributed by atoms with Crippen molar-refractivity contribution in [3.05, 3.63) is 77.4 Å². The third kappa shape index (κ3) is 4.36. The minimum atomic E-state index is -0.0824. The van der Waals surface area contributed by atoms with E-state index in [-0.39, 0.29) is 5.91 Å². The molecule has 1 saturated heterocycles. The quantitative estimate of drug-likeness (QED) is 0.495. The van der Waals surface area contributed by atoms with Crippen LogP contribution in [0, 0.1) is 0 Å². The maximum absolute atomic E-state index is 13.2. The number of furan rings is 1. The Labute approximate surface area is 179 Å². The van der Waals surface area contributed by atoms with Crippen molar-refractivity contribution in [2.75, 3.05) is 7.11 Å². The molecular weight excluding hydrogens is 398 g/mol. The molecule has 0 spiro atoms. The number of rotatable bonds is 6. The van der Waals surface area contributed by atoms with E-state index in [1.165, 1.54) is 11.8 Å². The minimum absolute atomic E-state index is 0.0824. The van der Waals surface area contributed by atoms with E-state index in [2.05, 4.69) is 18.4 Å². The molecule has 0 bridgehead atoms. The van der Waals surface area contributed by atoms with Gasteiger partial charge in [0, 0.05) is 18.4 Å². The SMILES string of the molecule is COc1ccc(N=C2S/C(=C/c3ccn(C(C)C)c3)C(=O)N2Cc2ccco2)cc1. The predicted molar refractivity (Wildman–Crippen MR) is 120 cm³/mol. The Morgan fingerprint density at radius 3 is 2.63 bits per heavy atom. The van der Waals surface area contributed by atoms with E-state index in [9.17, 15) is 4.79 Å². The van der Waals surface area contributed by atoms with E-state index in [4.69, 9.17) is 14.1 Å². The largest absolute Gasteiger partial charge is 0.497 e. The molecule has 1 aliphatic rings. The molecule has 1 amide bonds. The molecule has 30 heavy (non-hydrogen) atoms. The molecule has 3 heterocycles. The first-order valence-electron chi connectivity index (χ1n) is 9.67. The number of carbonyl (C=O) groups is 1. The Bertz CT molecular complexity index is 1080. The topological polar surface area (TPSA) is 60.0 Å². The van der Waals surface area contributed by atoms with Crippen LogP contribution in [-0.4, -0.2) is 27.7 Å². The summed E-state index contributed by atoms with van der Waals surface area (Å²) >= 11 is 1.37. The highest BCUT2D eigenvalue weighted by Gasteiger charge is 2.34. The summed E-state index contributed by atoms with van der Waals surface area (Å²) in [5.41, 5.74) is 1.74. The van der Waals surface area contributed by atoms with E-state index in [0.717, 1.165) is 17.0 Å². The number of ether oxygens (including phenoxy) is 1. The molecule has 7 heteroatoms. The van der Waals surface area contributed by atoms with Gasteiger partial charge in [-0.1, -0.05) is 0 Å². The van der Waals surface area contributed by atoms with Crippen LogP contribution in [0.5, 0.6) is 5.75 Å². The normalized spacial score (nSPS) is 16.9. The first-order valence-corrected chi connectivity index (χ1v) is 10.5. The first-order chi connectivity index (χ1) is 14.5. The highest BCUT2D eigenvalue weighted by Crippen LogP contribution is 2.35. The molecule has 6 nitrogen and oxygen atoms in total. The molecule has 4 rings (SSSR count). The maximum atomic E-state index is 13.2. The van der Waals surface area contributed by atoms with Crippen LogP contribution in [0.4, 0.5) is 5.69 Å². The van der Waals surface area contributed by atoms with Crippen molar-refractivity contribution in [1.29, 1.82) is 0 Å². The van der Waals surface area contributed by atoms with E-state index >= 15 is 0 Å². The molecule has 1 aromatic carbocycles. The van der Waals surface area contributed by atoms with Crippen LogP contribution >= 0.6 is 11.8 Å². The molecule has 0 atom stereocenters. The summed E-state index contributed by atoms with van der Waals surface area (Å²) < 4.78 is 12.8. The number of aromatic nitrogens is 1. The van der Waals surface area contributed by atoms with Crippen molar-refractivity contribution in [1.82, 2.24) is 9.47 Å². The van der Waals surface area contributed by atoms with E-state index in [1.807, 2.05) is 60.9 Å². The lowest BCUT2D eigenvalue weighted by atomic mass is 10.3. The number of nitrogens with zero attached hydrogens (tertiary/aromatic N) is 3. The van der Waals surface area contributed by atoms with Crippen LogP contribution < -0.4 is 4.74 Å². The van der Waals surface area contributed by atoms with Gasteiger partial charge in [-0.25, -0.2) is 4.99 Å². The molecule has 1 fully saturated rings. The van der Waals surface area contributed by atoms with Gasteiger partial charge < -0.3 is 13.7 Å². The van der Waals surface area contributed by atoms with Crippen molar-refractivity contribution in [2.24, 2.45) is 4.99 Å². The molecule has 0 radical (unpaired) electrons. The summed E-state index contributed by atoms with van der Waals surface area (Å²) in [5.74, 6) is 1.39. The van der Waals surface area contributed by atoms with Gasteiger partial charge in [-0.15, -0.1) is 0 Å². The summed E-state index contributed by atoms with van der Waals surface area (Å²) in [4.78, 5) is 20.2. The molecule has 154 valence electrons. The van der Waals surface area contributed by atoms with E-state index in [1.54, 1.807) is 18.3 Å². The van der Waals surface area contributed by atoms with Crippen molar-refractivity contribution >= 4 is 34.6 Å². The monoisotopic (exact) mass is 421 g/mol. The van der Waals surface area contributed by atoms with Crippen LogP contribution in [0.3, 0.4) is 0 Å². The second-order valence-corrected chi connectivity index (χ2v) is 8.17. The highest BCUT2D eigenvalue weighted by molar-refractivity contribution is 8.18. The van der Waals surface area contributed by atoms with E-state index < -0.39 is 0 Å². The molecular formula is C23H23N3O3S. The third-order valence-corrected chi connectivity index (χ3v) is 5.72. The van der Waals surface area contributed by atoms with Crippen LogP contribution in [0.2, 0.25) is 0 Å². The fourth-order valence-electron chi connectivity index (χ4n) is 3.04. The van der Waals surface area contributed by atoms with Crippen LogP contribution in [0.15, 0.2) is 75.4 Å². The third-order valence-electron chi connectivity index (χ3n) is 4.71. The number of hydrogen-bond acceptors (Lipinski definition) is 5. The zero-order valence-corrected chi connectivity index (χ0v) is 17.9. The number of thioether (sulfide) groups is 1. The molecule has 2 aromatic heterocycles. The average molecular weight is 422 g/mol. The zero-order valence-electron chi connectivity index (χ0n) is 17.1. The number of amidine groups is 1. The Morgan fingerprint density at radius 1 is 1.20 bits per heavy atom. The lowest BCUT2D eigenvalue weighted by Crippen LogP contribution is -2.28. The fraction of sp³-hybridized carbons (Fsp3) is 0.217. The van der Waals surface area contributed by atoms with Crippen LogP contribution in [0.1, 0.15) is 31.2 Å². The first kappa shape index (κ1) is 20.1. The number of carbonyl (C=O) groups excluding carboxylic acids is 1. The van der Waals surface area contributed by atoms with Crippen molar-refractivity contribution in [2.45, 2.75) is 26.4 Å². The molecule has 0 unspecified atom stereocenters. The molecule has 0 aliphatic carbocycles. The lowest BCUT2D eigenvalue weighted by Gasteiger charge is -2.13. The Balaban J connectivity index is 1.65. The average Bonchev–Trinajstić information content (AvgIpc) is 3.48. The highest BCUT2D eigenvalue weighted by atomic mass is 32.2. The minimum Gasteiger partial charge on any atom is -0.497 e. The number of hydrogen-bond donors (Lipinski definition) is 0.